The molecule has 0 N–H and O–H groups in total. The molecule has 1 aliphatic carbocycles. The molecule has 1 aliphatic rings. The monoisotopic (exact) mass is 393 g/mol. The van der Waals surface area contributed by atoms with E-state index in [0.717, 1.165) is 18.4 Å². The number of carbonyl (C=O) groups excluding carboxylic acids is 1. The lowest BCUT2D eigenvalue weighted by Gasteiger charge is -2.18. The Balaban J connectivity index is 1.50. The minimum atomic E-state index is -0.00365. The number of benzene rings is 2. The molecule has 28 heavy (non-hydrogen) atoms. The van der Waals surface area contributed by atoms with E-state index in [1.165, 1.54) is 17.3 Å². The van der Waals surface area contributed by atoms with E-state index in [4.69, 9.17) is 0 Å². The van der Waals surface area contributed by atoms with E-state index in [1.54, 1.807) is 9.47 Å². The van der Waals surface area contributed by atoms with Gasteiger partial charge in [0.1, 0.15) is 0 Å². The zero-order valence-corrected chi connectivity index (χ0v) is 16.9. The normalized spacial score (nSPS) is 13.6. The van der Waals surface area contributed by atoms with Gasteiger partial charge in [-0.1, -0.05) is 53.7 Å². The molecule has 0 unspecified atom stereocenters. The first-order chi connectivity index (χ1) is 13.5. The smallest absolute Gasteiger partial charge is 0.262 e. The Morgan fingerprint density at radius 3 is 2.61 bits per heavy atom. The number of nitrogens with zero attached hydrogens (tertiary/aromatic N) is 3. The van der Waals surface area contributed by atoms with Crippen molar-refractivity contribution in [1.29, 1.82) is 0 Å². The Bertz CT molecular complexity index is 1070. The van der Waals surface area contributed by atoms with Gasteiger partial charge in [0.25, 0.3) is 5.56 Å². The van der Waals surface area contributed by atoms with Crippen LogP contribution in [-0.4, -0.2) is 33.2 Å². The fourth-order valence-corrected chi connectivity index (χ4v) is 4.18. The summed E-state index contributed by atoms with van der Waals surface area (Å²) in [5.41, 5.74) is 2.99. The molecule has 0 bridgehead atoms. The van der Waals surface area contributed by atoms with Gasteiger partial charge in [-0.25, -0.2) is 4.98 Å². The predicted octanol–water partition coefficient (Wildman–Crippen LogP) is 3.79. The molecule has 0 spiro atoms. The first kappa shape index (κ1) is 18.7. The Hall–Kier alpha value is -2.60. The van der Waals surface area contributed by atoms with Crippen LogP contribution in [0.2, 0.25) is 0 Å². The van der Waals surface area contributed by atoms with Crippen LogP contribution in [0.3, 0.4) is 0 Å². The van der Waals surface area contributed by atoms with Crippen molar-refractivity contribution >= 4 is 28.6 Å². The van der Waals surface area contributed by atoms with Crippen LogP contribution in [0.15, 0.2) is 58.5 Å². The minimum absolute atomic E-state index is 0.00365. The summed E-state index contributed by atoms with van der Waals surface area (Å²) in [5, 5.41) is 1.28. The van der Waals surface area contributed by atoms with Crippen LogP contribution < -0.4 is 5.56 Å². The van der Waals surface area contributed by atoms with Crippen LogP contribution in [0.5, 0.6) is 0 Å². The van der Waals surface area contributed by atoms with Gasteiger partial charge in [-0.05, 0) is 37.5 Å². The average molecular weight is 394 g/mol. The summed E-state index contributed by atoms with van der Waals surface area (Å²) >= 11 is 1.35. The molecule has 1 aromatic heterocycles. The number of hydrogen-bond donors (Lipinski definition) is 0. The number of para-hydroxylation sites is 1. The highest BCUT2D eigenvalue weighted by Crippen LogP contribution is 2.36. The lowest BCUT2D eigenvalue weighted by atomic mass is 10.1. The second kappa shape index (κ2) is 7.80. The van der Waals surface area contributed by atoms with Gasteiger partial charge >= 0.3 is 0 Å². The molecule has 4 rings (SSSR count). The van der Waals surface area contributed by atoms with E-state index < -0.39 is 0 Å². The van der Waals surface area contributed by atoms with Crippen molar-refractivity contribution < 1.29 is 4.79 Å². The number of amides is 1. The summed E-state index contributed by atoms with van der Waals surface area (Å²) in [6.45, 7) is 2.62. The zero-order valence-electron chi connectivity index (χ0n) is 16.1. The number of fused-ring (bicyclic) bond motifs is 1. The molecule has 0 aliphatic heterocycles. The van der Waals surface area contributed by atoms with Gasteiger partial charge in [0.15, 0.2) is 5.16 Å². The summed E-state index contributed by atoms with van der Waals surface area (Å²) in [6, 6.07) is 15.8. The minimum Gasteiger partial charge on any atom is -0.341 e. The van der Waals surface area contributed by atoms with E-state index in [9.17, 15) is 9.59 Å². The van der Waals surface area contributed by atoms with Crippen LogP contribution in [0.1, 0.15) is 30.0 Å². The average Bonchev–Trinajstić information content (AvgIpc) is 3.53. The maximum absolute atomic E-state index is 12.9. The predicted molar refractivity (Wildman–Crippen MR) is 113 cm³/mol. The third-order valence-electron chi connectivity index (χ3n) is 4.98. The van der Waals surface area contributed by atoms with Gasteiger partial charge in [0.05, 0.1) is 16.7 Å². The first-order valence-electron chi connectivity index (χ1n) is 9.46. The topological polar surface area (TPSA) is 55.2 Å². The molecular formula is C22H23N3O2S. The van der Waals surface area contributed by atoms with Crippen molar-refractivity contribution in [3.05, 3.63) is 70.0 Å². The SMILES string of the molecule is Cc1ccc(CN(C)C(=O)CSc2nc3ccccc3c(=O)n2C2CC2)cc1. The van der Waals surface area contributed by atoms with Crippen LogP contribution in [-0.2, 0) is 11.3 Å². The Labute approximate surface area is 168 Å². The maximum atomic E-state index is 12.9. The van der Waals surface area contributed by atoms with Gasteiger partial charge in [-0.3, -0.25) is 14.2 Å². The number of aryl methyl sites for hydroxylation is 1. The molecule has 6 heteroatoms. The highest BCUT2D eigenvalue weighted by Gasteiger charge is 2.28. The van der Waals surface area contributed by atoms with Crippen LogP contribution in [0.25, 0.3) is 10.9 Å². The first-order valence-corrected chi connectivity index (χ1v) is 10.4. The van der Waals surface area contributed by atoms with E-state index in [0.29, 0.717) is 22.6 Å². The molecule has 1 saturated carbocycles. The highest BCUT2D eigenvalue weighted by molar-refractivity contribution is 7.99. The summed E-state index contributed by atoms with van der Waals surface area (Å²) in [5.74, 6) is 0.287. The lowest BCUT2D eigenvalue weighted by molar-refractivity contribution is -0.127. The number of thioether (sulfide) groups is 1. The second-order valence-electron chi connectivity index (χ2n) is 7.34. The van der Waals surface area contributed by atoms with Gasteiger partial charge in [0, 0.05) is 19.6 Å². The van der Waals surface area contributed by atoms with Gasteiger partial charge in [-0.15, -0.1) is 0 Å². The third kappa shape index (κ3) is 3.97. The standard InChI is InChI=1S/C22H23N3O2S/c1-15-7-9-16(10-8-15)13-24(2)20(26)14-28-22-23-19-6-4-3-5-18(19)21(27)25(22)17-11-12-17/h3-10,17H,11-14H2,1-2H3. The molecular weight excluding hydrogens is 370 g/mol. The van der Waals surface area contributed by atoms with Crippen molar-refractivity contribution in [2.75, 3.05) is 12.8 Å². The number of aromatic nitrogens is 2. The molecule has 144 valence electrons. The second-order valence-corrected chi connectivity index (χ2v) is 8.28. The van der Waals surface area contributed by atoms with Crippen LogP contribution >= 0.6 is 11.8 Å². The van der Waals surface area contributed by atoms with Gasteiger partial charge < -0.3 is 4.90 Å². The van der Waals surface area contributed by atoms with E-state index in [-0.39, 0.29) is 23.3 Å². The number of hydrogen-bond acceptors (Lipinski definition) is 4. The Morgan fingerprint density at radius 1 is 1.18 bits per heavy atom. The van der Waals surface area contributed by atoms with Crippen molar-refractivity contribution in [3.63, 3.8) is 0 Å². The third-order valence-corrected chi connectivity index (χ3v) is 5.92. The molecule has 0 saturated heterocycles. The van der Waals surface area contributed by atoms with Crippen molar-refractivity contribution in [2.24, 2.45) is 0 Å². The number of rotatable bonds is 6. The fraction of sp³-hybridized carbons (Fsp3) is 0.318. The van der Waals surface area contributed by atoms with Crippen molar-refractivity contribution in [3.8, 4) is 0 Å². The maximum Gasteiger partial charge on any atom is 0.262 e. The fourth-order valence-electron chi connectivity index (χ4n) is 3.17. The molecule has 0 radical (unpaired) electrons. The molecule has 1 heterocycles. The van der Waals surface area contributed by atoms with Crippen molar-refractivity contribution in [1.82, 2.24) is 14.5 Å². The van der Waals surface area contributed by atoms with Crippen LogP contribution in [0.4, 0.5) is 0 Å². The Morgan fingerprint density at radius 2 is 1.89 bits per heavy atom. The molecule has 1 amide bonds. The highest BCUT2D eigenvalue weighted by atomic mass is 32.2. The summed E-state index contributed by atoms with van der Waals surface area (Å²) in [6.07, 6.45) is 1.99. The molecule has 0 atom stereocenters. The molecule has 5 nitrogen and oxygen atoms in total. The summed E-state index contributed by atoms with van der Waals surface area (Å²) in [7, 11) is 1.81. The van der Waals surface area contributed by atoms with Crippen LogP contribution in [0, 0.1) is 6.92 Å². The zero-order chi connectivity index (χ0) is 19.7. The van der Waals surface area contributed by atoms with E-state index in [2.05, 4.69) is 17.1 Å². The summed E-state index contributed by atoms with van der Waals surface area (Å²) in [4.78, 5) is 31.9. The lowest BCUT2D eigenvalue weighted by Crippen LogP contribution is -2.28. The van der Waals surface area contributed by atoms with E-state index in [1.807, 2.05) is 50.4 Å². The summed E-state index contributed by atoms with van der Waals surface area (Å²) < 4.78 is 1.78. The Kier molecular flexibility index (Phi) is 5.22. The van der Waals surface area contributed by atoms with Gasteiger partial charge in [-0.2, -0.15) is 0 Å². The largest absolute Gasteiger partial charge is 0.341 e. The molecule has 1 fully saturated rings. The quantitative estimate of drug-likeness (QED) is 0.472. The molecule has 2 aromatic carbocycles. The van der Waals surface area contributed by atoms with E-state index >= 15 is 0 Å². The molecule has 3 aromatic rings. The number of carbonyl (C=O) groups is 1. The van der Waals surface area contributed by atoms with Crippen molar-refractivity contribution in [2.45, 2.75) is 37.5 Å². The van der Waals surface area contributed by atoms with Gasteiger partial charge in [0.2, 0.25) is 5.91 Å².